The first-order valence-corrected chi connectivity index (χ1v) is 9.87. The van der Waals surface area contributed by atoms with Crippen molar-refractivity contribution in [1.82, 2.24) is 21.3 Å². The van der Waals surface area contributed by atoms with Gasteiger partial charge in [0, 0.05) is 30.0 Å². The van der Waals surface area contributed by atoms with Gasteiger partial charge in [0.25, 0.3) is 0 Å². The number of fused-ring (bicyclic) bond motifs is 1. The molecule has 3 rings (SSSR count). The minimum atomic E-state index is -0.0279. The van der Waals surface area contributed by atoms with E-state index in [0.29, 0.717) is 23.6 Å². The van der Waals surface area contributed by atoms with E-state index >= 15 is 0 Å². The molecule has 0 aromatic carbocycles. The van der Waals surface area contributed by atoms with Crippen LogP contribution in [-0.2, 0) is 4.79 Å². The van der Waals surface area contributed by atoms with Crippen LogP contribution in [0.15, 0.2) is 0 Å². The molecule has 3 fully saturated rings. The number of hydrogen-bond donors (Lipinski definition) is 4. The molecular weight excluding hydrogens is 312 g/mol. The molecule has 3 heterocycles. The van der Waals surface area contributed by atoms with Gasteiger partial charge in [-0.15, -0.1) is 0 Å². The van der Waals surface area contributed by atoms with E-state index in [4.69, 9.17) is 0 Å². The van der Waals surface area contributed by atoms with E-state index in [-0.39, 0.29) is 24.0 Å². The lowest BCUT2D eigenvalue weighted by Gasteiger charge is -2.30. The average molecular weight is 340 g/mol. The highest BCUT2D eigenvalue weighted by Gasteiger charge is 2.42. The van der Waals surface area contributed by atoms with E-state index in [1.807, 2.05) is 11.8 Å². The summed E-state index contributed by atoms with van der Waals surface area (Å²) in [6.45, 7) is 4.16. The zero-order valence-electron chi connectivity index (χ0n) is 13.8. The van der Waals surface area contributed by atoms with Crippen LogP contribution >= 0.6 is 11.8 Å². The molecule has 0 saturated carbocycles. The molecule has 0 bridgehead atoms. The first-order valence-electron chi connectivity index (χ1n) is 8.82. The first-order chi connectivity index (χ1) is 11.1. The van der Waals surface area contributed by atoms with Crippen molar-refractivity contribution < 1.29 is 9.59 Å². The molecule has 0 spiro atoms. The van der Waals surface area contributed by atoms with Crippen LogP contribution in [0.1, 0.15) is 39.0 Å². The Morgan fingerprint density at radius 2 is 2.22 bits per heavy atom. The van der Waals surface area contributed by atoms with Gasteiger partial charge in [0.1, 0.15) is 0 Å². The van der Waals surface area contributed by atoms with Crippen molar-refractivity contribution in [3.8, 4) is 0 Å². The summed E-state index contributed by atoms with van der Waals surface area (Å²) in [6.07, 6.45) is 4.78. The largest absolute Gasteiger partial charge is 0.352 e. The number of carbonyl (C=O) groups is 2. The second kappa shape index (κ2) is 7.75. The summed E-state index contributed by atoms with van der Waals surface area (Å²) in [4.78, 5) is 23.4. The molecule has 0 aromatic rings. The highest BCUT2D eigenvalue weighted by Crippen LogP contribution is 2.33. The summed E-state index contributed by atoms with van der Waals surface area (Å²) in [5.74, 6) is 1.74. The zero-order valence-corrected chi connectivity index (χ0v) is 14.6. The highest BCUT2D eigenvalue weighted by molar-refractivity contribution is 8.00. The maximum Gasteiger partial charge on any atom is 0.315 e. The van der Waals surface area contributed by atoms with Crippen molar-refractivity contribution in [3.63, 3.8) is 0 Å². The minimum Gasteiger partial charge on any atom is -0.352 e. The number of hydrogen-bond acceptors (Lipinski definition) is 4. The van der Waals surface area contributed by atoms with Crippen LogP contribution in [-0.4, -0.2) is 54.2 Å². The molecular formula is C16H28N4O2S. The Labute approximate surface area is 142 Å². The van der Waals surface area contributed by atoms with Crippen molar-refractivity contribution >= 4 is 23.7 Å². The van der Waals surface area contributed by atoms with Crippen molar-refractivity contribution in [2.24, 2.45) is 5.92 Å². The molecule has 6 nitrogen and oxygen atoms in total. The van der Waals surface area contributed by atoms with Gasteiger partial charge in [0.05, 0.1) is 12.1 Å². The van der Waals surface area contributed by atoms with Gasteiger partial charge in [0.15, 0.2) is 0 Å². The van der Waals surface area contributed by atoms with Crippen LogP contribution < -0.4 is 21.3 Å². The quantitative estimate of drug-likeness (QED) is 0.426. The fourth-order valence-corrected chi connectivity index (χ4v) is 5.28. The molecule has 3 aliphatic rings. The molecule has 4 N–H and O–H groups in total. The molecule has 3 amide bonds. The lowest BCUT2D eigenvalue weighted by molar-refractivity contribution is -0.122. The molecule has 23 heavy (non-hydrogen) atoms. The summed E-state index contributed by atoms with van der Waals surface area (Å²) in [5.41, 5.74) is 0. The number of piperidine rings is 1. The van der Waals surface area contributed by atoms with E-state index in [1.165, 1.54) is 0 Å². The summed E-state index contributed by atoms with van der Waals surface area (Å²) >= 11 is 1.94. The normalized spacial score (nSPS) is 36.2. The van der Waals surface area contributed by atoms with Gasteiger partial charge >= 0.3 is 6.03 Å². The summed E-state index contributed by atoms with van der Waals surface area (Å²) in [6, 6.07) is 0.818. The maximum absolute atomic E-state index is 12.1. The first kappa shape index (κ1) is 16.9. The monoisotopic (exact) mass is 340 g/mol. The predicted molar refractivity (Wildman–Crippen MR) is 92.5 cm³/mol. The Morgan fingerprint density at radius 3 is 3.04 bits per heavy atom. The lowest BCUT2D eigenvalue weighted by Crippen LogP contribution is -2.50. The minimum absolute atomic E-state index is 0.0279. The molecule has 130 valence electrons. The van der Waals surface area contributed by atoms with Gasteiger partial charge in [-0.3, -0.25) is 4.79 Å². The van der Waals surface area contributed by atoms with E-state index in [1.54, 1.807) is 0 Å². The van der Waals surface area contributed by atoms with Gasteiger partial charge in [0.2, 0.25) is 5.91 Å². The third-order valence-electron chi connectivity index (χ3n) is 5.25. The predicted octanol–water partition coefficient (Wildman–Crippen LogP) is 0.826. The van der Waals surface area contributed by atoms with E-state index in [0.717, 1.165) is 44.5 Å². The van der Waals surface area contributed by atoms with Gasteiger partial charge in [-0.1, -0.05) is 13.3 Å². The Hall–Kier alpha value is -0.950. The number of nitrogens with one attached hydrogen (secondary N) is 4. The van der Waals surface area contributed by atoms with Crippen LogP contribution in [0.25, 0.3) is 0 Å². The average Bonchev–Trinajstić information content (AvgIpc) is 3.06. The van der Waals surface area contributed by atoms with Crippen LogP contribution in [0, 0.1) is 5.92 Å². The Balaban J connectivity index is 1.30. The second-order valence-electron chi connectivity index (χ2n) is 7.01. The second-order valence-corrected chi connectivity index (χ2v) is 8.28. The van der Waals surface area contributed by atoms with Crippen LogP contribution in [0.5, 0.6) is 0 Å². The van der Waals surface area contributed by atoms with E-state index in [2.05, 4.69) is 28.2 Å². The van der Waals surface area contributed by atoms with Crippen LogP contribution in [0.2, 0.25) is 0 Å². The number of amides is 3. The fourth-order valence-electron chi connectivity index (χ4n) is 3.74. The van der Waals surface area contributed by atoms with E-state index in [9.17, 15) is 9.59 Å². The van der Waals surface area contributed by atoms with Gasteiger partial charge in [-0.05, 0) is 31.7 Å². The fraction of sp³-hybridized carbons (Fsp3) is 0.875. The molecule has 5 atom stereocenters. The van der Waals surface area contributed by atoms with Crippen LogP contribution in [0.3, 0.4) is 0 Å². The maximum atomic E-state index is 12.1. The molecule has 3 aliphatic heterocycles. The van der Waals surface area contributed by atoms with Gasteiger partial charge in [-0.2, -0.15) is 11.8 Å². The topological polar surface area (TPSA) is 82.3 Å². The Morgan fingerprint density at radius 1 is 1.35 bits per heavy atom. The zero-order chi connectivity index (χ0) is 16.2. The van der Waals surface area contributed by atoms with Gasteiger partial charge in [-0.25, -0.2) is 4.79 Å². The molecule has 0 aromatic heterocycles. The number of carbonyl (C=O) groups excluding carboxylic acids is 2. The number of urea groups is 1. The number of rotatable bonds is 6. The standard InChI is InChI=1S/C16H28N4O2S/c1-10-6-7-17-8-11(10)18-14(21)5-3-2-4-13-15-12(9-23-13)19-16(22)20-15/h10-13,15,17H,2-9H2,1H3,(H,18,21)(H2,19,20,22)/t10?,11?,12-,13-,15-/m0/s1. The Kier molecular flexibility index (Phi) is 5.69. The number of unbranched alkanes of at least 4 members (excludes halogenated alkanes) is 1. The molecule has 0 radical (unpaired) electrons. The third kappa shape index (κ3) is 4.32. The summed E-state index contributed by atoms with van der Waals surface area (Å²) in [7, 11) is 0. The molecule has 3 saturated heterocycles. The highest BCUT2D eigenvalue weighted by atomic mass is 32.2. The van der Waals surface area contributed by atoms with E-state index < -0.39 is 0 Å². The van der Waals surface area contributed by atoms with Crippen molar-refractivity contribution in [3.05, 3.63) is 0 Å². The summed E-state index contributed by atoms with van der Waals surface area (Å²) < 4.78 is 0. The van der Waals surface area contributed by atoms with Crippen molar-refractivity contribution in [2.75, 3.05) is 18.8 Å². The Bertz CT molecular complexity index is 448. The SMILES string of the molecule is CC1CCNCC1NC(=O)CCCC[C@@H]1SC[C@@H]2NC(=O)N[C@@H]21. The third-order valence-corrected chi connectivity index (χ3v) is 6.76. The van der Waals surface area contributed by atoms with Crippen LogP contribution in [0.4, 0.5) is 4.79 Å². The number of thioether (sulfide) groups is 1. The molecule has 7 heteroatoms. The summed E-state index contributed by atoms with van der Waals surface area (Å²) in [5, 5.41) is 13.0. The smallest absolute Gasteiger partial charge is 0.315 e. The lowest BCUT2D eigenvalue weighted by atomic mass is 9.94. The van der Waals surface area contributed by atoms with Gasteiger partial charge < -0.3 is 21.3 Å². The molecule has 2 unspecified atom stereocenters. The van der Waals surface area contributed by atoms with Crippen molar-refractivity contribution in [1.29, 1.82) is 0 Å². The molecule has 0 aliphatic carbocycles. The van der Waals surface area contributed by atoms with Crippen molar-refractivity contribution in [2.45, 2.75) is 62.4 Å².